The molecule has 1 fully saturated rings. The second-order valence-electron chi connectivity index (χ2n) is 8.72. The Balaban J connectivity index is 1.13. The van der Waals surface area contributed by atoms with Crippen molar-refractivity contribution in [2.45, 2.75) is 6.54 Å². The van der Waals surface area contributed by atoms with Crippen molar-refractivity contribution in [1.82, 2.24) is 29.7 Å². The van der Waals surface area contributed by atoms with Crippen molar-refractivity contribution in [3.63, 3.8) is 0 Å². The molecule has 11 nitrogen and oxygen atoms in total. The zero-order valence-electron chi connectivity index (χ0n) is 19.8. The van der Waals surface area contributed by atoms with Crippen molar-refractivity contribution in [3.8, 4) is 0 Å². The van der Waals surface area contributed by atoms with E-state index in [0.29, 0.717) is 38.9 Å². The molecular formula is C25H27N9O2. The SMILES string of the molecule is O=C(Cn1ccc2cccnc21)N1CC=C(C2=NC=CCN2c2cnc(N3CCOCC3)nc2)NC1. The first-order chi connectivity index (χ1) is 17.8. The van der Waals surface area contributed by atoms with Crippen LogP contribution in [0.15, 0.2) is 72.0 Å². The fourth-order valence-corrected chi connectivity index (χ4v) is 4.53. The second kappa shape index (κ2) is 9.78. The third kappa shape index (κ3) is 4.40. The molecule has 184 valence electrons. The van der Waals surface area contributed by atoms with Gasteiger partial charge in [-0.05, 0) is 30.4 Å². The summed E-state index contributed by atoms with van der Waals surface area (Å²) in [4.78, 5) is 37.1. The Labute approximate surface area is 208 Å². The Hall–Kier alpha value is -4.25. The quantitative estimate of drug-likeness (QED) is 0.578. The van der Waals surface area contributed by atoms with Gasteiger partial charge in [-0.2, -0.15) is 0 Å². The number of amides is 1. The predicted octanol–water partition coefficient (Wildman–Crippen LogP) is 1.37. The Morgan fingerprint density at radius 1 is 1.08 bits per heavy atom. The van der Waals surface area contributed by atoms with E-state index in [-0.39, 0.29) is 12.5 Å². The highest BCUT2D eigenvalue weighted by molar-refractivity contribution is 6.10. The van der Waals surface area contributed by atoms with Gasteiger partial charge >= 0.3 is 0 Å². The molecule has 0 radical (unpaired) electrons. The van der Waals surface area contributed by atoms with Crippen molar-refractivity contribution in [2.24, 2.45) is 4.99 Å². The summed E-state index contributed by atoms with van der Waals surface area (Å²) in [6.45, 7) is 4.77. The number of morpholine rings is 1. The lowest BCUT2D eigenvalue weighted by molar-refractivity contribution is -0.131. The summed E-state index contributed by atoms with van der Waals surface area (Å²) in [5.41, 5.74) is 2.56. The highest BCUT2D eigenvalue weighted by Crippen LogP contribution is 2.21. The number of rotatable bonds is 5. The number of aliphatic imine (C=N–C) groups is 1. The number of nitrogens with zero attached hydrogens (tertiary/aromatic N) is 8. The fraction of sp³-hybridized carbons (Fsp3) is 0.320. The Morgan fingerprint density at radius 3 is 2.75 bits per heavy atom. The monoisotopic (exact) mass is 485 g/mol. The lowest BCUT2D eigenvalue weighted by atomic mass is 10.2. The van der Waals surface area contributed by atoms with Crippen LogP contribution in [0.2, 0.25) is 0 Å². The van der Waals surface area contributed by atoms with Crippen molar-refractivity contribution >= 4 is 34.4 Å². The van der Waals surface area contributed by atoms with E-state index < -0.39 is 0 Å². The largest absolute Gasteiger partial charge is 0.378 e. The first-order valence-electron chi connectivity index (χ1n) is 12.0. The number of ether oxygens (including phenoxy) is 1. The summed E-state index contributed by atoms with van der Waals surface area (Å²) in [6.07, 6.45) is 13.1. The van der Waals surface area contributed by atoms with Gasteiger partial charge in [-0.3, -0.25) is 4.79 Å². The Kier molecular flexibility index (Phi) is 6.04. The van der Waals surface area contributed by atoms with Crippen molar-refractivity contribution in [3.05, 3.63) is 67.0 Å². The minimum absolute atomic E-state index is 0.0235. The number of pyridine rings is 1. The van der Waals surface area contributed by atoms with Gasteiger partial charge in [0.25, 0.3) is 0 Å². The first-order valence-corrected chi connectivity index (χ1v) is 12.0. The minimum Gasteiger partial charge on any atom is -0.378 e. The molecule has 0 spiro atoms. The molecule has 0 atom stereocenters. The highest BCUT2D eigenvalue weighted by Gasteiger charge is 2.25. The molecule has 3 aromatic rings. The molecule has 0 bridgehead atoms. The van der Waals surface area contributed by atoms with Gasteiger partial charge in [0, 0.05) is 50.2 Å². The lowest BCUT2D eigenvalue weighted by Gasteiger charge is -2.33. The van der Waals surface area contributed by atoms with E-state index >= 15 is 0 Å². The molecule has 3 aliphatic heterocycles. The van der Waals surface area contributed by atoms with E-state index in [1.54, 1.807) is 17.3 Å². The topological polar surface area (TPSA) is 104 Å². The number of hydrogen-bond donors (Lipinski definition) is 1. The Bertz CT molecular complexity index is 1340. The average Bonchev–Trinajstić information content (AvgIpc) is 3.36. The zero-order valence-corrected chi connectivity index (χ0v) is 19.8. The molecule has 1 saturated heterocycles. The van der Waals surface area contributed by atoms with E-state index in [1.807, 2.05) is 53.5 Å². The number of anilines is 2. The molecule has 0 aromatic carbocycles. The third-order valence-electron chi connectivity index (χ3n) is 6.47. The lowest BCUT2D eigenvalue weighted by Crippen LogP contribution is -2.48. The van der Waals surface area contributed by atoms with Gasteiger partial charge < -0.3 is 29.3 Å². The van der Waals surface area contributed by atoms with Gasteiger partial charge in [0.1, 0.15) is 12.2 Å². The molecule has 1 amide bonds. The smallest absolute Gasteiger partial charge is 0.244 e. The van der Waals surface area contributed by atoms with Crippen molar-refractivity contribution in [2.75, 3.05) is 55.9 Å². The molecular weight excluding hydrogens is 458 g/mol. The van der Waals surface area contributed by atoms with E-state index in [0.717, 1.165) is 41.3 Å². The van der Waals surface area contributed by atoms with Gasteiger partial charge in [-0.15, -0.1) is 0 Å². The fourth-order valence-electron chi connectivity index (χ4n) is 4.53. The van der Waals surface area contributed by atoms with Crippen molar-refractivity contribution < 1.29 is 9.53 Å². The van der Waals surface area contributed by atoms with Crippen LogP contribution in [0, 0.1) is 0 Å². The maximum absolute atomic E-state index is 13.0. The predicted molar refractivity (Wildman–Crippen MR) is 137 cm³/mol. The van der Waals surface area contributed by atoms with Crippen molar-refractivity contribution in [1.29, 1.82) is 0 Å². The van der Waals surface area contributed by atoms with E-state index in [2.05, 4.69) is 35.1 Å². The van der Waals surface area contributed by atoms with Crippen LogP contribution in [0.5, 0.6) is 0 Å². The number of fused-ring (bicyclic) bond motifs is 1. The number of nitrogens with one attached hydrogen (secondary N) is 1. The van der Waals surface area contributed by atoms with Crippen LogP contribution >= 0.6 is 0 Å². The van der Waals surface area contributed by atoms with Crippen LogP contribution < -0.4 is 15.1 Å². The summed E-state index contributed by atoms with van der Waals surface area (Å²) in [5, 5.41) is 4.39. The van der Waals surface area contributed by atoms with Gasteiger partial charge in [0.05, 0.1) is 43.7 Å². The summed E-state index contributed by atoms with van der Waals surface area (Å²) in [7, 11) is 0. The second-order valence-corrected chi connectivity index (χ2v) is 8.72. The van der Waals surface area contributed by atoms with Crippen LogP contribution in [-0.2, 0) is 16.1 Å². The summed E-state index contributed by atoms with van der Waals surface area (Å²) >= 11 is 0. The Morgan fingerprint density at radius 2 is 1.94 bits per heavy atom. The molecule has 1 N–H and O–H groups in total. The molecule has 0 saturated carbocycles. The molecule has 11 heteroatoms. The highest BCUT2D eigenvalue weighted by atomic mass is 16.5. The number of hydrogen-bond acceptors (Lipinski definition) is 9. The summed E-state index contributed by atoms with van der Waals surface area (Å²) in [6, 6.07) is 5.86. The molecule has 6 rings (SSSR count). The average molecular weight is 486 g/mol. The van der Waals surface area contributed by atoms with Crippen LogP contribution in [0.25, 0.3) is 11.0 Å². The van der Waals surface area contributed by atoms with Gasteiger partial charge in [0.15, 0.2) is 5.84 Å². The van der Waals surface area contributed by atoms with E-state index in [1.165, 1.54) is 0 Å². The van der Waals surface area contributed by atoms with Crippen LogP contribution in [0.4, 0.5) is 11.6 Å². The number of carbonyl (C=O) groups excluding carboxylic acids is 1. The zero-order chi connectivity index (χ0) is 24.3. The number of amidine groups is 1. The molecule has 3 aromatic heterocycles. The van der Waals surface area contributed by atoms with E-state index in [4.69, 9.17) is 4.74 Å². The molecule has 36 heavy (non-hydrogen) atoms. The third-order valence-corrected chi connectivity index (χ3v) is 6.47. The van der Waals surface area contributed by atoms with E-state index in [9.17, 15) is 4.79 Å². The normalized spacial score (nSPS) is 18.2. The summed E-state index contributed by atoms with van der Waals surface area (Å²) < 4.78 is 7.30. The number of aromatic nitrogens is 4. The minimum atomic E-state index is 0.0235. The molecule has 0 unspecified atom stereocenters. The van der Waals surface area contributed by atoms with Gasteiger partial charge in [-0.1, -0.05) is 0 Å². The molecule has 6 heterocycles. The van der Waals surface area contributed by atoms with Crippen LogP contribution in [0.3, 0.4) is 0 Å². The summed E-state index contributed by atoms with van der Waals surface area (Å²) in [5.74, 6) is 1.52. The number of carbonyl (C=O) groups is 1. The van der Waals surface area contributed by atoms with Gasteiger partial charge in [0.2, 0.25) is 11.9 Å². The van der Waals surface area contributed by atoms with Crippen LogP contribution in [0.1, 0.15) is 0 Å². The maximum Gasteiger partial charge on any atom is 0.244 e. The first kappa shape index (κ1) is 22.2. The standard InChI is InChI=1S/C25H27N9O2/c35-22(17-32-9-4-19-3-1-6-26-23(19)32)33-10-5-21(30-18-33)24-27-7-2-8-34(24)20-15-28-25(29-16-20)31-11-13-36-14-12-31/h1-7,9,15-16,30H,8,10-14,17-18H2. The molecule has 3 aliphatic rings. The van der Waals surface area contributed by atoms with Crippen LogP contribution in [-0.4, -0.2) is 82.2 Å². The maximum atomic E-state index is 13.0. The molecule has 0 aliphatic carbocycles. The van der Waals surface area contributed by atoms with Gasteiger partial charge in [-0.25, -0.2) is 19.9 Å².